The van der Waals surface area contributed by atoms with Crippen LogP contribution in [0.1, 0.15) is 46.1 Å². The van der Waals surface area contributed by atoms with Crippen LogP contribution in [0.15, 0.2) is 35.3 Å². The molecule has 27 heavy (non-hydrogen) atoms. The highest BCUT2D eigenvalue weighted by atomic mass is 16.6. The molecule has 3 atom stereocenters. The third-order valence-electron chi connectivity index (χ3n) is 7.00. The Hall–Kier alpha value is -1.88. The predicted octanol–water partition coefficient (Wildman–Crippen LogP) is 3.80. The molecule has 1 aliphatic heterocycles. The number of rotatable bonds is 4. The standard InChI is InChI=1S/C22H31NO4/c1-19(2)20(3,15-25-5)12-13-22(19)17(26-6)23-21(4,18(24)27-22)14-16-10-8-7-9-11-16/h7-11H,12-15H2,1-6H3/t20-,21+,22+/m0/s1. The first kappa shape index (κ1) is 19.9. The van der Waals surface area contributed by atoms with E-state index < -0.39 is 11.1 Å². The molecule has 5 nitrogen and oxygen atoms in total. The lowest BCUT2D eigenvalue weighted by molar-refractivity contribution is -0.177. The summed E-state index contributed by atoms with van der Waals surface area (Å²) in [4.78, 5) is 18.0. The van der Waals surface area contributed by atoms with Crippen LogP contribution in [0.5, 0.6) is 0 Å². The molecule has 1 saturated carbocycles. The predicted molar refractivity (Wildman–Crippen MR) is 105 cm³/mol. The van der Waals surface area contributed by atoms with Crippen LogP contribution in [0.3, 0.4) is 0 Å². The largest absolute Gasteiger partial charge is 0.481 e. The Labute approximate surface area is 162 Å². The molecule has 3 rings (SSSR count). The van der Waals surface area contributed by atoms with Crippen molar-refractivity contribution >= 4 is 11.9 Å². The summed E-state index contributed by atoms with van der Waals surface area (Å²) >= 11 is 0. The van der Waals surface area contributed by atoms with Crippen LogP contribution in [-0.2, 0) is 25.4 Å². The van der Waals surface area contributed by atoms with Crippen LogP contribution >= 0.6 is 0 Å². The van der Waals surface area contributed by atoms with E-state index in [0.717, 1.165) is 12.0 Å². The molecule has 0 bridgehead atoms. The zero-order chi connectivity index (χ0) is 19.9. The van der Waals surface area contributed by atoms with Gasteiger partial charge in [0.05, 0.1) is 13.7 Å². The Bertz CT molecular complexity index is 744. The number of aliphatic imine (C=N–C) groups is 1. The lowest BCUT2D eigenvalue weighted by Gasteiger charge is -2.50. The van der Waals surface area contributed by atoms with Gasteiger partial charge in [-0.15, -0.1) is 0 Å². The van der Waals surface area contributed by atoms with Crippen molar-refractivity contribution < 1.29 is 19.0 Å². The fraction of sp³-hybridized carbons (Fsp3) is 0.636. The third-order valence-corrected chi connectivity index (χ3v) is 7.00. The van der Waals surface area contributed by atoms with Crippen LogP contribution in [0, 0.1) is 10.8 Å². The molecular formula is C22H31NO4. The summed E-state index contributed by atoms with van der Waals surface area (Å²) in [6.45, 7) is 8.85. The number of benzene rings is 1. The van der Waals surface area contributed by atoms with Gasteiger partial charge in [0.25, 0.3) is 0 Å². The third kappa shape index (κ3) is 2.87. The van der Waals surface area contributed by atoms with Gasteiger partial charge in [0, 0.05) is 24.4 Å². The Morgan fingerprint density at radius 1 is 1.07 bits per heavy atom. The average Bonchev–Trinajstić information content (AvgIpc) is 2.81. The molecule has 0 amide bonds. The first-order chi connectivity index (χ1) is 12.6. The van der Waals surface area contributed by atoms with Gasteiger partial charge in [0.1, 0.15) is 0 Å². The van der Waals surface area contributed by atoms with Gasteiger partial charge >= 0.3 is 5.97 Å². The summed E-state index contributed by atoms with van der Waals surface area (Å²) < 4.78 is 17.5. The van der Waals surface area contributed by atoms with Gasteiger partial charge in [-0.1, -0.05) is 51.1 Å². The van der Waals surface area contributed by atoms with Crippen LogP contribution in [-0.4, -0.2) is 43.8 Å². The average molecular weight is 373 g/mol. The van der Waals surface area contributed by atoms with Crippen molar-refractivity contribution in [2.75, 3.05) is 20.8 Å². The Morgan fingerprint density at radius 2 is 1.74 bits per heavy atom. The molecule has 148 valence electrons. The molecule has 1 aliphatic carbocycles. The topological polar surface area (TPSA) is 57.1 Å². The van der Waals surface area contributed by atoms with Crippen molar-refractivity contribution in [3.63, 3.8) is 0 Å². The lowest BCUT2D eigenvalue weighted by atomic mass is 9.63. The number of carbonyl (C=O) groups excluding carboxylic acids is 1. The summed E-state index contributed by atoms with van der Waals surface area (Å²) in [5, 5.41) is 0. The molecule has 1 aromatic rings. The maximum Gasteiger partial charge on any atom is 0.335 e. The van der Waals surface area contributed by atoms with Crippen molar-refractivity contribution in [1.29, 1.82) is 0 Å². The van der Waals surface area contributed by atoms with Crippen LogP contribution in [0.2, 0.25) is 0 Å². The van der Waals surface area contributed by atoms with Crippen molar-refractivity contribution in [3.8, 4) is 0 Å². The minimum atomic E-state index is -0.992. The second-order valence-electron chi connectivity index (χ2n) is 8.89. The van der Waals surface area contributed by atoms with E-state index >= 15 is 0 Å². The quantitative estimate of drug-likeness (QED) is 0.753. The highest BCUT2D eigenvalue weighted by Gasteiger charge is 2.68. The van der Waals surface area contributed by atoms with Crippen molar-refractivity contribution in [3.05, 3.63) is 35.9 Å². The minimum absolute atomic E-state index is 0.144. The number of methoxy groups -OCH3 is 2. The van der Waals surface area contributed by atoms with Crippen LogP contribution < -0.4 is 0 Å². The van der Waals surface area contributed by atoms with Gasteiger partial charge in [-0.3, -0.25) is 0 Å². The van der Waals surface area contributed by atoms with E-state index in [1.807, 2.05) is 37.3 Å². The molecular weight excluding hydrogens is 342 g/mol. The van der Waals surface area contributed by atoms with Crippen molar-refractivity contribution in [1.82, 2.24) is 0 Å². The summed E-state index contributed by atoms with van der Waals surface area (Å²) in [5.41, 5.74) is -1.33. The van der Waals surface area contributed by atoms with Gasteiger partial charge in [-0.2, -0.15) is 0 Å². The summed E-state index contributed by atoms with van der Waals surface area (Å²) in [7, 11) is 3.33. The maximum atomic E-state index is 13.2. The van der Waals surface area contributed by atoms with E-state index in [4.69, 9.17) is 19.2 Å². The molecule has 1 spiro atoms. The molecule has 0 saturated heterocycles. The van der Waals surface area contributed by atoms with E-state index in [2.05, 4.69) is 20.8 Å². The zero-order valence-corrected chi connectivity index (χ0v) is 17.3. The molecule has 1 heterocycles. The first-order valence-corrected chi connectivity index (χ1v) is 9.55. The Kier molecular flexibility index (Phi) is 4.87. The number of ether oxygens (including phenoxy) is 3. The normalized spacial score (nSPS) is 35.0. The molecule has 1 fully saturated rings. The van der Waals surface area contributed by atoms with E-state index in [9.17, 15) is 4.79 Å². The summed E-state index contributed by atoms with van der Waals surface area (Å²) in [5.74, 6) is 0.229. The summed E-state index contributed by atoms with van der Waals surface area (Å²) in [6.07, 6.45) is 2.03. The number of nitrogens with zero attached hydrogens (tertiary/aromatic N) is 1. The van der Waals surface area contributed by atoms with E-state index in [-0.39, 0.29) is 16.8 Å². The zero-order valence-electron chi connectivity index (χ0n) is 17.3. The highest BCUT2D eigenvalue weighted by molar-refractivity contribution is 5.97. The lowest BCUT2D eigenvalue weighted by Crippen LogP contribution is -2.62. The Balaban J connectivity index is 2.03. The second-order valence-corrected chi connectivity index (χ2v) is 8.89. The van der Waals surface area contributed by atoms with Gasteiger partial charge in [-0.05, 0) is 25.3 Å². The summed E-state index contributed by atoms with van der Waals surface area (Å²) in [6, 6.07) is 9.89. The molecule has 1 aromatic carbocycles. The fourth-order valence-electron chi connectivity index (χ4n) is 4.68. The number of carbonyl (C=O) groups is 1. The number of hydrogen-bond acceptors (Lipinski definition) is 5. The van der Waals surface area contributed by atoms with E-state index in [0.29, 0.717) is 25.3 Å². The highest BCUT2D eigenvalue weighted by Crippen LogP contribution is 2.61. The van der Waals surface area contributed by atoms with Crippen LogP contribution in [0.25, 0.3) is 0 Å². The molecule has 0 N–H and O–H groups in total. The molecule has 0 radical (unpaired) electrons. The van der Waals surface area contributed by atoms with Crippen molar-refractivity contribution in [2.45, 2.75) is 58.1 Å². The van der Waals surface area contributed by atoms with Gasteiger partial charge in [-0.25, -0.2) is 9.79 Å². The van der Waals surface area contributed by atoms with E-state index in [1.165, 1.54) is 0 Å². The van der Waals surface area contributed by atoms with Crippen molar-refractivity contribution in [2.24, 2.45) is 15.8 Å². The fourth-order valence-corrected chi connectivity index (χ4v) is 4.68. The van der Waals surface area contributed by atoms with E-state index in [1.54, 1.807) is 14.2 Å². The van der Waals surface area contributed by atoms with Gasteiger partial charge < -0.3 is 14.2 Å². The molecule has 0 aromatic heterocycles. The SMILES string of the molecule is COC[C@]1(C)CC[C@]2(OC(=O)[C@@](C)(Cc3ccccc3)N=C2OC)C1(C)C. The minimum Gasteiger partial charge on any atom is -0.481 e. The monoisotopic (exact) mass is 373 g/mol. The Morgan fingerprint density at radius 3 is 2.33 bits per heavy atom. The maximum absolute atomic E-state index is 13.2. The van der Waals surface area contributed by atoms with Gasteiger partial charge in [0.2, 0.25) is 5.90 Å². The van der Waals surface area contributed by atoms with Crippen LogP contribution in [0.4, 0.5) is 0 Å². The second kappa shape index (κ2) is 6.62. The molecule has 0 unspecified atom stereocenters. The van der Waals surface area contributed by atoms with Gasteiger partial charge in [0.15, 0.2) is 11.1 Å². The molecule has 2 aliphatic rings. The number of hydrogen-bond donors (Lipinski definition) is 0. The smallest absolute Gasteiger partial charge is 0.335 e. The molecule has 5 heteroatoms. The number of esters is 1. The first-order valence-electron chi connectivity index (χ1n) is 9.55.